The quantitative estimate of drug-likeness (QED) is 0.668. The van der Waals surface area contributed by atoms with Crippen LogP contribution in [-0.2, 0) is 6.42 Å². The molecule has 0 radical (unpaired) electrons. The van der Waals surface area contributed by atoms with E-state index >= 15 is 0 Å². The lowest BCUT2D eigenvalue weighted by atomic mass is 9.98. The summed E-state index contributed by atoms with van der Waals surface area (Å²) in [4.78, 5) is 12.5. The number of carbonyl (C=O) groups is 1. The molecule has 0 saturated carbocycles. The molecule has 0 aliphatic heterocycles. The molecule has 2 rings (SSSR count). The van der Waals surface area contributed by atoms with Crippen LogP contribution in [0.15, 0.2) is 55.1 Å². The smallest absolute Gasteiger partial charge is 0.196 e. The third-order valence-corrected chi connectivity index (χ3v) is 3.02. The molecule has 0 aromatic heterocycles. The Labute approximate surface area is 118 Å². The van der Waals surface area contributed by atoms with Crippen molar-refractivity contribution in [3.05, 3.63) is 71.8 Å². The largest absolute Gasteiger partial charge is 0.504 e. The zero-order chi connectivity index (χ0) is 14.5. The van der Waals surface area contributed by atoms with Gasteiger partial charge in [-0.2, -0.15) is 0 Å². The number of ether oxygens (including phenoxy) is 1. The molecule has 102 valence electrons. The van der Waals surface area contributed by atoms with Crippen molar-refractivity contribution in [2.24, 2.45) is 0 Å². The zero-order valence-corrected chi connectivity index (χ0v) is 11.3. The van der Waals surface area contributed by atoms with Gasteiger partial charge in [-0.15, -0.1) is 6.58 Å². The third kappa shape index (κ3) is 2.72. The Balaban J connectivity index is 2.52. The van der Waals surface area contributed by atoms with Crippen molar-refractivity contribution in [3.63, 3.8) is 0 Å². The van der Waals surface area contributed by atoms with Crippen molar-refractivity contribution >= 4 is 5.78 Å². The number of carbonyl (C=O) groups excluding carboxylic acids is 1. The van der Waals surface area contributed by atoms with Crippen LogP contribution in [0.2, 0.25) is 0 Å². The summed E-state index contributed by atoms with van der Waals surface area (Å²) >= 11 is 0. The number of rotatable bonds is 5. The predicted molar refractivity (Wildman–Crippen MR) is 78.4 cm³/mol. The van der Waals surface area contributed by atoms with Gasteiger partial charge in [0.1, 0.15) is 0 Å². The first kappa shape index (κ1) is 13.9. The van der Waals surface area contributed by atoms with E-state index in [-0.39, 0.29) is 17.1 Å². The second kappa shape index (κ2) is 6.06. The Morgan fingerprint density at radius 3 is 2.60 bits per heavy atom. The molecule has 2 aromatic carbocycles. The average molecular weight is 268 g/mol. The fraction of sp³-hybridized carbons (Fsp3) is 0.118. The number of ketones is 1. The molecule has 1 N–H and O–H groups in total. The van der Waals surface area contributed by atoms with Crippen molar-refractivity contribution in [2.75, 3.05) is 7.11 Å². The predicted octanol–water partition coefficient (Wildman–Crippen LogP) is 3.36. The van der Waals surface area contributed by atoms with Gasteiger partial charge in [0.2, 0.25) is 0 Å². The summed E-state index contributed by atoms with van der Waals surface area (Å²) < 4.78 is 5.12. The molecule has 0 heterocycles. The maximum absolute atomic E-state index is 12.5. The Hall–Kier alpha value is -2.55. The van der Waals surface area contributed by atoms with Crippen molar-refractivity contribution in [2.45, 2.75) is 6.42 Å². The Morgan fingerprint density at radius 2 is 2.00 bits per heavy atom. The number of allylic oxidation sites excluding steroid dienone is 1. The van der Waals surface area contributed by atoms with Gasteiger partial charge in [-0.05, 0) is 24.1 Å². The third-order valence-electron chi connectivity index (χ3n) is 3.02. The van der Waals surface area contributed by atoms with Gasteiger partial charge in [-0.25, -0.2) is 0 Å². The van der Waals surface area contributed by atoms with Gasteiger partial charge in [-0.3, -0.25) is 4.79 Å². The summed E-state index contributed by atoms with van der Waals surface area (Å²) in [6.07, 6.45) is 2.34. The number of hydrogen-bond donors (Lipinski definition) is 1. The molecule has 0 unspecified atom stereocenters. The number of phenols is 1. The molecule has 0 bridgehead atoms. The molecule has 0 saturated heterocycles. The van der Waals surface area contributed by atoms with E-state index in [9.17, 15) is 9.90 Å². The van der Waals surface area contributed by atoms with Gasteiger partial charge >= 0.3 is 0 Å². The van der Waals surface area contributed by atoms with E-state index in [4.69, 9.17) is 4.74 Å². The molecule has 0 spiro atoms. The minimum absolute atomic E-state index is 0.130. The molecular weight excluding hydrogens is 252 g/mol. The van der Waals surface area contributed by atoms with Crippen LogP contribution in [-0.4, -0.2) is 18.0 Å². The first-order valence-corrected chi connectivity index (χ1v) is 6.28. The van der Waals surface area contributed by atoms with Crippen LogP contribution in [0.25, 0.3) is 0 Å². The van der Waals surface area contributed by atoms with Crippen molar-refractivity contribution in [3.8, 4) is 11.5 Å². The highest BCUT2D eigenvalue weighted by Gasteiger charge is 2.18. The number of benzene rings is 2. The maximum Gasteiger partial charge on any atom is 0.196 e. The normalized spacial score (nSPS) is 10.1. The second-order valence-electron chi connectivity index (χ2n) is 4.38. The summed E-state index contributed by atoms with van der Waals surface area (Å²) in [5, 5.41) is 10.1. The zero-order valence-electron chi connectivity index (χ0n) is 11.3. The topological polar surface area (TPSA) is 46.5 Å². The molecule has 0 aliphatic carbocycles. The highest BCUT2D eigenvalue weighted by atomic mass is 16.5. The van der Waals surface area contributed by atoms with Crippen LogP contribution >= 0.6 is 0 Å². The lowest BCUT2D eigenvalue weighted by molar-refractivity contribution is 0.103. The van der Waals surface area contributed by atoms with Crippen molar-refractivity contribution in [1.82, 2.24) is 0 Å². The van der Waals surface area contributed by atoms with E-state index in [1.165, 1.54) is 7.11 Å². The van der Waals surface area contributed by atoms with Gasteiger partial charge in [0, 0.05) is 5.56 Å². The lowest BCUT2D eigenvalue weighted by Gasteiger charge is -2.11. The van der Waals surface area contributed by atoms with Crippen LogP contribution in [0.4, 0.5) is 0 Å². The minimum Gasteiger partial charge on any atom is -0.504 e. The lowest BCUT2D eigenvalue weighted by Crippen LogP contribution is -2.03. The summed E-state index contributed by atoms with van der Waals surface area (Å²) in [7, 11) is 1.46. The van der Waals surface area contributed by atoms with Gasteiger partial charge in [-0.1, -0.05) is 36.4 Å². The molecule has 0 atom stereocenters. The van der Waals surface area contributed by atoms with Gasteiger partial charge in [0.25, 0.3) is 0 Å². The van der Waals surface area contributed by atoms with Gasteiger partial charge < -0.3 is 9.84 Å². The summed E-state index contributed by atoms with van der Waals surface area (Å²) in [5.74, 6) is -0.0647. The Kier molecular flexibility index (Phi) is 4.20. The SMILES string of the molecule is C=CCc1cc(OC)c(O)c(C(=O)c2ccccc2)c1. The van der Waals surface area contributed by atoms with Crippen LogP contribution in [0.5, 0.6) is 11.5 Å². The Morgan fingerprint density at radius 1 is 1.30 bits per heavy atom. The van der Waals surface area contributed by atoms with Crippen molar-refractivity contribution < 1.29 is 14.6 Å². The maximum atomic E-state index is 12.5. The van der Waals surface area contributed by atoms with E-state index in [2.05, 4.69) is 6.58 Å². The minimum atomic E-state index is -0.229. The highest BCUT2D eigenvalue weighted by molar-refractivity contribution is 6.11. The van der Waals surface area contributed by atoms with E-state index in [1.54, 1.807) is 42.5 Å². The number of aromatic hydroxyl groups is 1. The molecule has 0 aliphatic rings. The van der Waals surface area contributed by atoms with E-state index < -0.39 is 0 Å². The van der Waals surface area contributed by atoms with Crippen LogP contribution in [0.3, 0.4) is 0 Å². The molecule has 3 nitrogen and oxygen atoms in total. The molecule has 20 heavy (non-hydrogen) atoms. The molecular formula is C17H16O3. The van der Waals surface area contributed by atoms with Crippen LogP contribution < -0.4 is 4.74 Å². The summed E-state index contributed by atoms with van der Waals surface area (Å²) in [6, 6.07) is 12.2. The highest BCUT2D eigenvalue weighted by Crippen LogP contribution is 2.33. The summed E-state index contributed by atoms with van der Waals surface area (Å²) in [5.41, 5.74) is 1.64. The number of methoxy groups -OCH3 is 1. The molecule has 3 heteroatoms. The number of phenolic OH excluding ortho intramolecular Hbond substituents is 1. The molecule has 0 amide bonds. The van der Waals surface area contributed by atoms with E-state index in [0.717, 1.165) is 5.56 Å². The van der Waals surface area contributed by atoms with Crippen LogP contribution in [0.1, 0.15) is 21.5 Å². The first-order chi connectivity index (χ1) is 9.67. The van der Waals surface area contributed by atoms with Gasteiger partial charge in [0.05, 0.1) is 12.7 Å². The molecule has 2 aromatic rings. The summed E-state index contributed by atoms with van der Waals surface area (Å²) in [6.45, 7) is 3.68. The Bertz CT molecular complexity index is 630. The van der Waals surface area contributed by atoms with Crippen molar-refractivity contribution in [1.29, 1.82) is 0 Å². The van der Waals surface area contributed by atoms with E-state index in [0.29, 0.717) is 17.7 Å². The fourth-order valence-corrected chi connectivity index (χ4v) is 2.02. The van der Waals surface area contributed by atoms with Crippen LogP contribution in [0, 0.1) is 0 Å². The van der Waals surface area contributed by atoms with Gasteiger partial charge in [0.15, 0.2) is 17.3 Å². The monoisotopic (exact) mass is 268 g/mol. The molecule has 0 fully saturated rings. The average Bonchev–Trinajstić information content (AvgIpc) is 2.49. The first-order valence-electron chi connectivity index (χ1n) is 6.28. The fourth-order valence-electron chi connectivity index (χ4n) is 2.02. The standard InChI is InChI=1S/C17H16O3/c1-3-7-12-10-14(17(19)15(11-12)20-2)16(18)13-8-5-4-6-9-13/h3-6,8-11,19H,1,7H2,2H3. The second-order valence-corrected chi connectivity index (χ2v) is 4.38. The van der Waals surface area contributed by atoms with E-state index in [1.807, 2.05) is 6.07 Å². The number of hydrogen-bond acceptors (Lipinski definition) is 3.